The predicted molar refractivity (Wildman–Crippen MR) is 71.8 cm³/mol. The van der Waals surface area contributed by atoms with Gasteiger partial charge in [0.2, 0.25) is 0 Å². The molecule has 2 rings (SSSR count). The van der Waals surface area contributed by atoms with Gasteiger partial charge in [0.15, 0.2) is 11.6 Å². The highest BCUT2D eigenvalue weighted by Gasteiger charge is 2.15. The highest BCUT2D eigenvalue weighted by atomic mass is 19.1. The molecule has 1 aliphatic rings. The van der Waals surface area contributed by atoms with E-state index < -0.39 is 0 Å². The average molecular weight is 268 g/mol. The summed E-state index contributed by atoms with van der Waals surface area (Å²) in [7, 11) is 3.12. The first kappa shape index (κ1) is 14.2. The van der Waals surface area contributed by atoms with Crippen LogP contribution in [0, 0.1) is 5.82 Å². The van der Waals surface area contributed by atoms with E-state index in [0.717, 1.165) is 43.9 Å². The fourth-order valence-corrected chi connectivity index (χ4v) is 2.34. The van der Waals surface area contributed by atoms with Gasteiger partial charge in [-0.1, -0.05) is 0 Å². The van der Waals surface area contributed by atoms with Crippen LogP contribution in [0.15, 0.2) is 12.1 Å². The first-order valence-electron chi connectivity index (χ1n) is 6.52. The van der Waals surface area contributed by atoms with Crippen LogP contribution in [0.2, 0.25) is 0 Å². The standard InChI is InChI=1S/C14H21FN2O2/c1-18-10-12-8-14(19-2)13(15)7-11(12)9-17-5-3-16-4-6-17/h7-8,16H,3-6,9-10H2,1-2H3. The van der Waals surface area contributed by atoms with Gasteiger partial charge >= 0.3 is 0 Å². The van der Waals surface area contributed by atoms with Crippen LogP contribution in [0.1, 0.15) is 11.1 Å². The lowest BCUT2D eigenvalue weighted by molar-refractivity contribution is 0.180. The lowest BCUT2D eigenvalue weighted by Crippen LogP contribution is -2.43. The molecule has 1 aromatic rings. The molecule has 1 fully saturated rings. The molecule has 0 atom stereocenters. The minimum atomic E-state index is -0.313. The fraction of sp³-hybridized carbons (Fsp3) is 0.571. The normalized spacial score (nSPS) is 16.6. The van der Waals surface area contributed by atoms with Crippen LogP contribution >= 0.6 is 0 Å². The zero-order valence-corrected chi connectivity index (χ0v) is 11.5. The van der Waals surface area contributed by atoms with Crippen LogP contribution in [0.4, 0.5) is 4.39 Å². The van der Waals surface area contributed by atoms with Gasteiger partial charge in [-0.25, -0.2) is 4.39 Å². The fourth-order valence-electron chi connectivity index (χ4n) is 2.34. The molecule has 0 spiro atoms. The van der Waals surface area contributed by atoms with Crippen molar-refractivity contribution in [3.05, 3.63) is 29.1 Å². The third kappa shape index (κ3) is 3.65. The molecule has 0 aromatic heterocycles. The number of nitrogens with one attached hydrogen (secondary N) is 1. The maximum absolute atomic E-state index is 13.8. The van der Waals surface area contributed by atoms with Crippen molar-refractivity contribution in [2.75, 3.05) is 40.4 Å². The van der Waals surface area contributed by atoms with Crippen molar-refractivity contribution < 1.29 is 13.9 Å². The first-order valence-corrected chi connectivity index (χ1v) is 6.52. The van der Waals surface area contributed by atoms with Gasteiger partial charge in [0.25, 0.3) is 0 Å². The summed E-state index contributed by atoms with van der Waals surface area (Å²) < 4.78 is 24.0. The lowest BCUT2D eigenvalue weighted by atomic mass is 10.1. The Balaban J connectivity index is 2.18. The molecule has 0 amide bonds. The Morgan fingerprint density at radius 1 is 1.21 bits per heavy atom. The van der Waals surface area contributed by atoms with E-state index in [2.05, 4.69) is 10.2 Å². The largest absolute Gasteiger partial charge is 0.494 e. The topological polar surface area (TPSA) is 33.7 Å². The Labute approximate surface area is 113 Å². The smallest absolute Gasteiger partial charge is 0.165 e. The monoisotopic (exact) mass is 268 g/mol. The number of nitrogens with zero attached hydrogens (tertiary/aromatic N) is 1. The summed E-state index contributed by atoms with van der Waals surface area (Å²) in [5.41, 5.74) is 1.96. The molecule has 0 aliphatic carbocycles. The minimum Gasteiger partial charge on any atom is -0.494 e. The van der Waals surface area contributed by atoms with Crippen molar-refractivity contribution in [2.45, 2.75) is 13.2 Å². The van der Waals surface area contributed by atoms with E-state index in [1.807, 2.05) is 0 Å². The van der Waals surface area contributed by atoms with E-state index in [-0.39, 0.29) is 11.6 Å². The molecule has 106 valence electrons. The van der Waals surface area contributed by atoms with Gasteiger partial charge in [0, 0.05) is 39.8 Å². The van der Waals surface area contributed by atoms with Gasteiger partial charge < -0.3 is 14.8 Å². The van der Waals surface area contributed by atoms with E-state index in [0.29, 0.717) is 6.61 Å². The Kier molecular flexibility index (Phi) is 5.13. The number of benzene rings is 1. The summed E-state index contributed by atoms with van der Waals surface area (Å²) in [6.07, 6.45) is 0. The first-order chi connectivity index (χ1) is 9.24. The SMILES string of the molecule is COCc1cc(OC)c(F)cc1CN1CCNCC1. The van der Waals surface area contributed by atoms with Crippen LogP contribution in [0.25, 0.3) is 0 Å². The summed E-state index contributed by atoms with van der Waals surface area (Å²) >= 11 is 0. The molecular formula is C14H21FN2O2. The Bertz CT molecular complexity index is 420. The van der Waals surface area contributed by atoms with Gasteiger partial charge in [-0.15, -0.1) is 0 Å². The molecule has 1 heterocycles. The highest BCUT2D eigenvalue weighted by Crippen LogP contribution is 2.24. The Hall–Kier alpha value is -1.17. The van der Waals surface area contributed by atoms with Crippen molar-refractivity contribution in [1.82, 2.24) is 10.2 Å². The van der Waals surface area contributed by atoms with Crippen molar-refractivity contribution in [1.29, 1.82) is 0 Å². The zero-order chi connectivity index (χ0) is 13.7. The number of halogens is 1. The summed E-state index contributed by atoms with van der Waals surface area (Å²) in [5.74, 6) is -0.0383. The van der Waals surface area contributed by atoms with E-state index in [1.54, 1.807) is 19.2 Å². The lowest BCUT2D eigenvalue weighted by Gasteiger charge is -2.28. The molecule has 1 N–H and O–H groups in total. The molecule has 0 unspecified atom stereocenters. The van der Waals surface area contributed by atoms with Gasteiger partial charge in [-0.3, -0.25) is 4.90 Å². The van der Waals surface area contributed by atoms with E-state index >= 15 is 0 Å². The van der Waals surface area contributed by atoms with Crippen molar-refractivity contribution >= 4 is 0 Å². The molecule has 5 heteroatoms. The molecule has 0 radical (unpaired) electrons. The number of rotatable bonds is 5. The summed E-state index contributed by atoms with van der Waals surface area (Å²) in [5, 5.41) is 3.31. The second-order valence-corrected chi connectivity index (χ2v) is 4.71. The van der Waals surface area contributed by atoms with Gasteiger partial charge in [-0.05, 0) is 23.3 Å². The Morgan fingerprint density at radius 2 is 1.95 bits per heavy atom. The summed E-state index contributed by atoms with van der Waals surface area (Å²) in [6.45, 7) is 5.16. The zero-order valence-electron chi connectivity index (χ0n) is 11.5. The van der Waals surface area contributed by atoms with E-state index in [1.165, 1.54) is 7.11 Å². The van der Waals surface area contributed by atoms with Crippen LogP contribution in [0.3, 0.4) is 0 Å². The molecule has 0 saturated carbocycles. The average Bonchev–Trinajstić information content (AvgIpc) is 2.43. The second kappa shape index (κ2) is 6.84. The quantitative estimate of drug-likeness (QED) is 0.875. The Morgan fingerprint density at radius 3 is 2.58 bits per heavy atom. The predicted octanol–water partition coefficient (Wildman–Crippen LogP) is 1.39. The highest BCUT2D eigenvalue weighted by molar-refractivity contribution is 5.37. The molecule has 4 nitrogen and oxygen atoms in total. The number of piperazine rings is 1. The molecule has 19 heavy (non-hydrogen) atoms. The van der Waals surface area contributed by atoms with Crippen LogP contribution < -0.4 is 10.1 Å². The number of hydrogen-bond acceptors (Lipinski definition) is 4. The van der Waals surface area contributed by atoms with Crippen LogP contribution in [0.5, 0.6) is 5.75 Å². The van der Waals surface area contributed by atoms with Gasteiger partial charge in [0.1, 0.15) is 0 Å². The molecule has 1 saturated heterocycles. The van der Waals surface area contributed by atoms with Crippen LogP contribution in [-0.4, -0.2) is 45.3 Å². The van der Waals surface area contributed by atoms with Crippen molar-refractivity contribution in [3.63, 3.8) is 0 Å². The van der Waals surface area contributed by atoms with Crippen molar-refractivity contribution in [3.8, 4) is 5.75 Å². The van der Waals surface area contributed by atoms with Gasteiger partial charge in [0.05, 0.1) is 13.7 Å². The number of methoxy groups -OCH3 is 2. The second-order valence-electron chi connectivity index (χ2n) is 4.71. The molecule has 0 bridgehead atoms. The van der Waals surface area contributed by atoms with Gasteiger partial charge in [-0.2, -0.15) is 0 Å². The van der Waals surface area contributed by atoms with E-state index in [4.69, 9.17) is 9.47 Å². The van der Waals surface area contributed by atoms with Crippen molar-refractivity contribution in [2.24, 2.45) is 0 Å². The third-order valence-electron chi connectivity index (χ3n) is 3.38. The molecule has 1 aromatic carbocycles. The number of hydrogen-bond donors (Lipinski definition) is 1. The maximum Gasteiger partial charge on any atom is 0.165 e. The van der Waals surface area contributed by atoms with Crippen LogP contribution in [-0.2, 0) is 17.9 Å². The number of ether oxygens (including phenoxy) is 2. The summed E-state index contributed by atoms with van der Waals surface area (Å²) in [6, 6.07) is 3.30. The molecule has 1 aliphatic heterocycles. The van der Waals surface area contributed by atoms with E-state index in [9.17, 15) is 4.39 Å². The molecular weight excluding hydrogens is 247 g/mol. The summed E-state index contributed by atoms with van der Waals surface area (Å²) in [4.78, 5) is 2.32. The third-order valence-corrected chi connectivity index (χ3v) is 3.38. The minimum absolute atomic E-state index is 0.274. The maximum atomic E-state index is 13.8.